The van der Waals surface area contributed by atoms with Gasteiger partial charge in [0.2, 0.25) is 0 Å². The van der Waals surface area contributed by atoms with Crippen molar-refractivity contribution in [2.75, 3.05) is 20.1 Å². The number of alkyl halides is 3. The molecule has 3 nitrogen and oxygen atoms in total. The van der Waals surface area contributed by atoms with Gasteiger partial charge in [-0.2, -0.15) is 13.2 Å². The van der Waals surface area contributed by atoms with E-state index in [1.165, 1.54) is 10.9 Å². The Hall–Kier alpha value is -2.46. The van der Waals surface area contributed by atoms with Crippen LogP contribution in [0.4, 0.5) is 13.2 Å². The van der Waals surface area contributed by atoms with Crippen LogP contribution >= 0.6 is 11.3 Å². The second kappa shape index (κ2) is 9.30. The topological polar surface area (TPSA) is 36.4 Å². The van der Waals surface area contributed by atoms with Crippen molar-refractivity contribution in [1.82, 2.24) is 10.6 Å². The largest absolute Gasteiger partial charge is 0.416 e. The molecule has 138 valence electrons. The van der Waals surface area contributed by atoms with Crippen LogP contribution in [0.2, 0.25) is 0 Å². The van der Waals surface area contributed by atoms with E-state index in [1.807, 2.05) is 11.4 Å². The molecule has 2 rings (SSSR count). The molecule has 1 aromatic heterocycles. The van der Waals surface area contributed by atoms with Crippen LogP contribution in [0, 0.1) is 11.8 Å². The van der Waals surface area contributed by atoms with E-state index in [-0.39, 0.29) is 6.54 Å². The van der Waals surface area contributed by atoms with Gasteiger partial charge in [0, 0.05) is 30.0 Å². The Balaban J connectivity index is 1.84. The standard InChI is InChI=1S/C19H20F3N3S/c1-14(17-9-5-11-26-17)13-25-18(23-2)24-10-4-7-15-6-3-8-16(12-15)19(20,21)22/h3,5-6,8-9,11-12,14H,10,13H2,1-2H3,(H2,23,24,25). The lowest BCUT2D eigenvalue weighted by molar-refractivity contribution is -0.137. The molecule has 0 saturated carbocycles. The summed E-state index contributed by atoms with van der Waals surface area (Å²) >= 11 is 1.71. The van der Waals surface area contributed by atoms with Gasteiger partial charge in [-0.15, -0.1) is 11.3 Å². The molecule has 1 atom stereocenters. The Kier molecular flexibility index (Phi) is 7.10. The van der Waals surface area contributed by atoms with E-state index in [1.54, 1.807) is 24.5 Å². The SMILES string of the molecule is CN=C(NCC#Cc1cccc(C(F)(F)F)c1)NCC(C)c1cccs1. The highest BCUT2D eigenvalue weighted by molar-refractivity contribution is 7.10. The minimum atomic E-state index is -4.36. The smallest absolute Gasteiger partial charge is 0.356 e. The van der Waals surface area contributed by atoms with E-state index in [4.69, 9.17) is 0 Å². The van der Waals surface area contributed by atoms with E-state index < -0.39 is 11.7 Å². The van der Waals surface area contributed by atoms with Gasteiger partial charge in [0.25, 0.3) is 0 Å². The summed E-state index contributed by atoms with van der Waals surface area (Å²) in [6, 6.07) is 9.10. The highest BCUT2D eigenvalue weighted by Crippen LogP contribution is 2.29. The highest BCUT2D eigenvalue weighted by atomic mass is 32.1. The number of hydrogen-bond donors (Lipinski definition) is 2. The fraction of sp³-hybridized carbons (Fsp3) is 0.316. The highest BCUT2D eigenvalue weighted by Gasteiger charge is 2.30. The normalized spacial score (nSPS) is 12.9. The van der Waals surface area contributed by atoms with E-state index in [9.17, 15) is 13.2 Å². The third kappa shape index (κ3) is 6.12. The van der Waals surface area contributed by atoms with E-state index in [0.29, 0.717) is 17.4 Å². The molecule has 2 N–H and O–H groups in total. The van der Waals surface area contributed by atoms with Crippen LogP contribution in [0.25, 0.3) is 0 Å². The van der Waals surface area contributed by atoms with Crippen molar-refractivity contribution >= 4 is 17.3 Å². The molecule has 7 heteroatoms. The number of guanidine groups is 1. The summed E-state index contributed by atoms with van der Waals surface area (Å²) in [7, 11) is 1.66. The maximum atomic E-state index is 12.7. The summed E-state index contributed by atoms with van der Waals surface area (Å²) in [6.07, 6.45) is -4.36. The molecular formula is C19H20F3N3S. The van der Waals surface area contributed by atoms with Gasteiger partial charge in [-0.3, -0.25) is 4.99 Å². The van der Waals surface area contributed by atoms with Crippen LogP contribution in [0.1, 0.15) is 28.8 Å². The number of halogens is 3. The lowest BCUT2D eigenvalue weighted by Crippen LogP contribution is -2.39. The second-order valence-electron chi connectivity index (χ2n) is 5.60. The minimum absolute atomic E-state index is 0.281. The molecule has 0 amide bonds. The zero-order chi connectivity index (χ0) is 19.0. The first-order valence-corrected chi connectivity index (χ1v) is 8.92. The molecule has 0 saturated heterocycles. The van der Waals surface area contributed by atoms with Gasteiger partial charge in [-0.05, 0) is 29.6 Å². The number of benzene rings is 1. The summed E-state index contributed by atoms with van der Waals surface area (Å²) in [5, 5.41) is 8.29. The fourth-order valence-corrected chi connectivity index (χ4v) is 2.98. The first kappa shape index (κ1) is 19.9. The lowest BCUT2D eigenvalue weighted by Gasteiger charge is -2.14. The van der Waals surface area contributed by atoms with Crippen LogP contribution in [-0.2, 0) is 6.18 Å². The van der Waals surface area contributed by atoms with Gasteiger partial charge >= 0.3 is 6.18 Å². The predicted molar refractivity (Wildman–Crippen MR) is 100 cm³/mol. The van der Waals surface area contributed by atoms with Crippen molar-refractivity contribution in [2.24, 2.45) is 4.99 Å². The van der Waals surface area contributed by atoms with E-state index in [0.717, 1.165) is 18.7 Å². The molecule has 0 radical (unpaired) electrons. The maximum absolute atomic E-state index is 12.7. The molecular weight excluding hydrogens is 359 g/mol. The summed E-state index contributed by atoms with van der Waals surface area (Å²) in [5.41, 5.74) is -0.367. The van der Waals surface area contributed by atoms with E-state index >= 15 is 0 Å². The van der Waals surface area contributed by atoms with Gasteiger partial charge in [0.15, 0.2) is 5.96 Å². The molecule has 1 unspecified atom stereocenters. The van der Waals surface area contributed by atoms with Crippen molar-refractivity contribution in [3.8, 4) is 11.8 Å². The summed E-state index contributed by atoms with van der Waals surface area (Å²) in [5.74, 6) is 6.50. The number of rotatable bonds is 4. The van der Waals surface area contributed by atoms with Crippen LogP contribution in [-0.4, -0.2) is 26.1 Å². The predicted octanol–water partition coefficient (Wildman–Crippen LogP) is 4.09. The third-order valence-electron chi connectivity index (χ3n) is 3.60. The Morgan fingerprint density at radius 2 is 2.04 bits per heavy atom. The zero-order valence-corrected chi connectivity index (χ0v) is 15.3. The van der Waals surface area contributed by atoms with Gasteiger partial charge in [-0.1, -0.05) is 30.9 Å². The first-order valence-electron chi connectivity index (χ1n) is 8.04. The molecule has 0 fully saturated rings. The maximum Gasteiger partial charge on any atom is 0.416 e. The average molecular weight is 379 g/mol. The molecule has 1 aromatic carbocycles. The molecule has 0 aliphatic heterocycles. The number of aliphatic imine (C=N–C) groups is 1. The Morgan fingerprint density at radius 3 is 2.69 bits per heavy atom. The first-order chi connectivity index (χ1) is 12.4. The number of hydrogen-bond acceptors (Lipinski definition) is 2. The van der Waals surface area contributed by atoms with Crippen LogP contribution in [0.5, 0.6) is 0 Å². The van der Waals surface area contributed by atoms with E-state index in [2.05, 4.69) is 40.5 Å². The summed E-state index contributed by atoms with van der Waals surface area (Å²) in [6.45, 7) is 3.13. The number of nitrogens with zero attached hydrogens (tertiary/aromatic N) is 1. The number of nitrogens with one attached hydrogen (secondary N) is 2. The lowest BCUT2D eigenvalue weighted by atomic mass is 10.1. The molecule has 0 spiro atoms. The van der Waals surface area contributed by atoms with Gasteiger partial charge in [0.05, 0.1) is 12.1 Å². The van der Waals surface area contributed by atoms with Gasteiger partial charge in [0.1, 0.15) is 0 Å². The quantitative estimate of drug-likeness (QED) is 0.477. The minimum Gasteiger partial charge on any atom is -0.356 e. The molecule has 0 aliphatic carbocycles. The zero-order valence-electron chi connectivity index (χ0n) is 14.5. The van der Waals surface area contributed by atoms with Crippen LogP contribution in [0.15, 0.2) is 46.8 Å². The fourth-order valence-electron chi connectivity index (χ4n) is 2.19. The summed E-state index contributed by atoms with van der Waals surface area (Å²) in [4.78, 5) is 5.40. The summed E-state index contributed by atoms with van der Waals surface area (Å²) < 4.78 is 38.0. The second-order valence-corrected chi connectivity index (χ2v) is 6.58. The Labute approximate surface area is 155 Å². The molecule has 1 heterocycles. The Morgan fingerprint density at radius 1 is 1.23 bits per heavy atom. The molecule has 0 bridgehead atoms. The van der Waals surface area contributed by atoms with Crippen molar-refractivity contribution in [3.63, 3.8) is 0 Å². The third-order valence-corrected chi connectivity index (χ3v) is 4.70. The molecule has 2 aromatic rings. The van der Waals surface area contributed by atoms with Crippen LogP contribution in [0.3, 0.4) is 0 Å². The van der Waals surface area contributed by atoms with Crippen molar-refractivity contribution in [2.45, 2.75) is 19.0 Å². The van der Waals surface area contributed by atoms with Crippen molar-refractivity contribution in [3.05, 3.63) is 57.8 Å². The Bertz CT molecular complexity index is 786. The van der Waals surface area contributed by atoms with Crippen LogP contribution < -0.4 is 10.6 Å². The van der Waals surface area contributed by atoms with Crippen molar-refractivity contribution in [1.29, 1.82) is 0 Å². The molecule has 0 aliphatic rings. The van der Waals surface area contributed by atoms with Crippen molar-refractivity contribution < 1.29 is 13.2 Å². The average Bonchev–Trinajstić information content (AvgIpc) is 3.15. The molecule has 26 heavy (non-hydrogen) atoms. The van der Waals surface area contributed by atoms with Gasteiger partial charge in [-0.25, -0.2) is 0 Å². The monoisotopic (exact) mass is 379 g/mol. The number of thiophene rings is 1. The van der Waals surface area contributed by atoms with Gasteiger partial charge < -0.3 is 10.6 Å².